The van der Waals surface area contributed by atoms with E-state index in [4.69, 9.17) is 0 Å². The molecule has 1 atom stereocenters. The van der Waals surface area contributed by atoms with E-state index in [1.165, 1.54) is 12.3 Å². The summed E-state index contributed by atoms with van der Waals surface area (Å²) in [6.07, 6.45) is 1.32. The van der Waals surface area contributed by atoms with Crippen molar-refractivity contribution in [2.24, 2.45) is 4.40 Å². The Bertz CT molecular complexity index is 443. The van der Waals surface area contributed by atoms with Crippen molar-refractivity contribution < 1.29 is 8.60 Å². The number of hydrogen-bond donors (Lipinski definition) is 0. The molecular weight excluding hydrogens is 295 g/mol. The van der Waals surface area contributed by atoms with Crippen molar-refractivity contribution in [3.8, 4) is 0 Å². The molecule has 0 bridgehead atoms. The first kappa shape index (κ1) is 13.4. The summed E-state index contributed by atoms with van der Waals surface area (Å²) < 4.78 is 28.3. The monoisotopic (exact) mass is 306 g/mol. The van der Waals surface area contributed by atoms with E-state index in [1.54, 1.807) is 6.07 Å². The Hall–Kier alpha value is -0.620. The van der Waals surface area contributed by atoms with Crippen molar-refractivity contribution >= 4 is 33.1 Å². The van der Waals surface area contributed by atoms with Gasteiger partial charge in [-0.05, 0) is 48.8 Å². The van der Waals surface area contributed by atoms with Gasteiger partial charge in [-0.2, -0.15) is 8.79 Å². The molecule has 0 saturated heterocycles. The lowest BCUT2D eigenvalue weighted by molar-refractivity contribution is 0.576. The lowest BCUT2D eigenvalue weighted by Gasteiger charge is -2.12. The average Bonchev–Trinajstić information content (AvgIpc) is 2.18. The second kappa shape index (κ2) is 5.14. The molecule has 16 heavy (non-hydrogen) atoms. The summed E-state index contributed by atoms with van der Waals surface area (Å²) in [5, 5.41) is 0. The lowest BCUT2D eigenvalue weighted by atomic mass is 10.3. The summed E-state index contributed by atoms with van der Waals surface area (Å²) in [6, 6.07) is 3.13. The molecule has 0 spiro atoms. The molecule has 1 rings (SSSR count). The van der Waals surface area contributed by atoms with Gasteiger partial charge >= 0.3 is 0 Å². The van der Waals surface area contributed by atoms with E-state index < -0.39 is 21.7 Å². The number of pyridine rings is 1. The van der Waals surface area contributed by atoms with E-state index in [0.717, 1.165) is 0 Å². The third kappa shape index (κ3) is 3.75. The average molecular weight is 307 g/mol. The van der Waals surface area contributed by atoms with E-state index in [-0.39, 0.29) is 0 Å². The maximum absolute atomic E-state index is 13.0. The second-order valence-corrected chi connectivity index (χ2v) is 6.89. The molecule has 0 fully saturated rings. The first-order valence-electron chi connectivity index (χ1n) is 4.59. The van der Waals surface area contributed by atoms with Crippen LogP contribution in [0.3, 0.4) is 0 Å². The van der Waals surface area contributed by atoms with Crippen LogP contribution in [-0.4, -0.2) is 20.2 Å². The van der Waals surface area contributed by atoms with Crippen molar-refractivity contribution in [2.75, 3.05) is 0 Å². The van der Waals surface area contributed by atoms with Gasteiger partial charge in [-0.1, -0.05) is 0 Å². The first-order valence-corrected chi connectivity index (χ1v) is 6.49. The zero-order chi connectivity index (χ0) is 12.3. The molecule has 0 aromatic carbocycles. The van der Waals surface area contributed by atoms with Gasteiger partial charge < -0.3 is 0 Å². The molecule has 0 unspecified atom stereocenters. The van der Waals surface area contributed by atoms with Crippen molar-refractivity contribution in [1.82, 2.24) is 4.98 Å². The van der Waals surface area contributed by atoms with Crippen LogP contribution in [0.4, 0.5) is 4.39 Å². The minimum Gasteiger partial charge on any atom is -0.234 e. The van der Waals surface area contributed by atoms with E-state index in [2.05, 4.69) is 25.3 Å². The van der Waals surface area contributed by atoms with Gasteiger partial charge in [0, 0.05) is 0 Å². The van der Waals surface area contributed by atoms with Gasteiger partial charge in [0.2, 0.25) is 5.95 Å². The van der Waals surface area contributed by atoms with Crippen LogP contribution in [0.25, 0.3) is 0 Å². The molecule has 0 aliphatic rings. The minimum atomic E-state index is -1.35. The molecule has 0 aliphatic heterocycles. The molecule has 6 heteroatoms. The number of hydrogen-bond acceptors (Lipinski definition) is 2. The summed E-state index contributed by atoms with van der Waals surface area (Å²) in [5.74, 6) is -0.606. The predicted octanol–water partition coefficient (Wildman–Crippen LogP) is 2.86. The van der Waals surface area contributed by atoms with Gasteiger partial charge in [-0.25, -0.2) is 9.19 Å². The molecule has 0 saturated carbocycles. The molecule has 0 radical (unpaired) electrons. The van der Waals surface area contributed by atoms with Crippen LogP contribution >= 0.6 is 15.9 Å². The maximum Gasteiger partial charge on any atom is 0.227 e. The molecule has 1 heterocycles. The van der Waals surface area contributed by atoms with Crippen LogP contribution in [0.2, 0.25) is 0 Å². The second-order valence-electron chi connectivity index (χ2n) is 4.10. The normalized spacial score (nSPS) is 14.3. The van der Waals surface area contributed by atoms with Crippen molar-refractivity contribution in [3.05, 3.63) is 28.2 Å². The Kier molecular flexibility index (Phi) is 4.32. The standard InChI is InChI=1S/C10H12BrFN2OS/c1-10(2,3)16(15)13-6-7-4-5-8(11)9(12)14-7/h4-6H,1-3H3/t16-/m0/s1. The molecule has 1 aromatic heterocycles. The Labute approximate surface area is 105 Å². The number of nitrogens with zero attached hydrogens (tertiary/aromatic N) is 2. The van der Waals surface area contributed by atoms with Crippen LogP contribution in [0.15, 0.2) is 21.0 Å². The Morgan fingerprint density at radius 3 is 2.62 bits per heavy atom. The van der Waals surface area contributed by atoms with Gasteiger partial charge in [0.1, 0.15) is 11.0 Å². The van der Waals surface area contributed by atoms with E-state index >= 15 is 0 Å². The van der Waals surface area contributed by atoms with Gasteiger partial charge in [-0.15, -0.1) is 0 Å². The van der Waals surface area contributed by atoms with Gasteiger partial charge in [-0.3, -0.25) is 0 Å². The van der Waals surface area contributed by atoms with Crippen molar-refractivity contribution in [1.29, 1.82) is 0 Å². The molecule has 88 valence electrons. The van der Waals surface area contributed by atoms with E-state index in [0.29, 0.717) is 10.2 Å². The quantitative estimate of drug-likeness (QED) is 0.623. The predicted molar refractivity (Wildman–Crippen MR) is 67.4 cm³/mol. The van der Waals surface area contributed by atoms with Crippen LogP contribution in [0, 0.1) is 5.95 Å². The molecular formula is C10H12BrFN2OS. The van der Waals surface area contributed by atoms with Crippen LogP contribution in [0.1, 0.15) is 26.5 Å². The highest BCUT2D eigenvalue weighted by molar-refractivity contribution is 9.10. The van der Waals surface area contributed by atoms with Crippen LogP contribution < -0.4 is 0 Å². The fourth-order valence-electron chi connectivity index (χ4n) is 0.763. The third-order valence-electron chi connectivity index (χ3n) is 1.63. The summed E-state index contributed by atoms with van der Waals surface area (Å²) in [4.78, 5) is 3.63. The topological polar surface area (TPSA) is 42.3 Å². The van der Waals surface area contributed by atoms with Crippen molar-refractivity contribution in [2.45, 2.75) is 25.5 Å². The molecule has 0 N–H and O–H groups in total. The van der Waals surface area contributed by atoms with Crippen LogP contribution in [-0.2, 0) is 11.0 Å². The van der Waals surface area contributed by atoms with Crippen molar-refractivity contribution in [3.63, 3.8) is 0 Å². The fraction of sp³-hybridized carbons (Fsp3) is 0.400. The number of halogens is 2. The first-order chi connectivity index (χ1) is 7.30. The number of aromatic nitrogens is 1. The Balaban J connectivity index is 2.85. The summed E-state index contributed by atoms with van der Waals surface area (Å²) in [5.41, 5.74) is 0.346. The summed E-state index contributed by atoms with van der Waals surface area (Å²) in [6.45, 7) is 5.45. The highest BCUT2D eigenvalue weighted by Crippen LogP contribution is 2.14. The lowest BCUT2D eigenvalue weighted by Crippen LogP contribution is -2.19. The highest BCUT2D eigenvalue weighted by atomic mass is 79.9. The Morgan fingerprint density at radius 1 is 1.50 bits per heavy atom. The molecule has 0 aliphatic carbocycles. The molecule has 3 nitrogen and oxygen atoms in total. The summed E-state index contributed by atoms with van der Waals surface area (Å²) in [7, 11) is -1.35. The zero-order valence-electron chi connectivity index (χ0n) is 9.20. The highest BCUT2D eigenvalue weighted by Gasteiger charge is 2.18. The zero-order valence-corrected chi connectivity index (χ0v) is 11.6. The van der Waals surface area contributed by atoms with E-state index in [9.17, 15) is 8.60 Å². The molecule has 0 amide bonds. The minimum absolute atomic E-state index is 0.293. The largest absolute Gasteiger partial charge is 0.234 e. The van der Waals surface area contributed by atoms with Gasteiger partial charge in [0.15, 0.2) is 0 Å². The van der Waals surface area contributed by atoms with Gasteiger partial charge in [0.05, 0.1) is 21.1 Å². The van der Waals surface area contributed by atoms with E-state index in [1.807, 2.05) is 20.8 Å². The molecule has 1 aromatic rings. The SMILES string of the molecule is CC(C)(C)[S@](=O)N=Cc1ccc(Br)c(F)n1. The van der Waals surface area contributed by atoms with Crippen LogP contribution in [0.5, 0.6) is 0 Å². The number of rotatable bonds is 2. The third-order valence-corrected chi connectivity index (χ3v) is 3.57. The van der Waals surface area contributed by atoms with Gasteiger partial charge in [0.25, 0.3) is 0 Å². The smallest absolute Gasteiger partial charge is 0.227 e. The maximum atomic E-state index is 13.0. The fourth-order valence-corrected chi connectivity index (χ4v) is 1.50. The Morgan fingerprint density at radius 2 is 2.12 bits per heavy atom. The summed E-state index contributed by atoms with van der Waals surface area (Å²) >= 11 is 3.00.